The highest BCUT2D eigenvalue weighted by atomic mass is 35.5. The number of aliphatic imine (C=N–C) groups is 1. The zero-order valence-corrected chi connectivity index (χ0v) is 21.0. The second-order valence-corrected chi connectivity index (χ2v) is 10.3. The SMILES string of the molecule is CC(N=C(N)NS(=O)(=O)c1ccccc1)c1cnc(-c2ccc(Cl)cc2)c(-c2ccc(Cl)cc2)c1. The summed E-state index contributed by atoms with van der Waals surface area (Å²) < 4.78 is 27.4. The van der Waals surface area contributed by atoms with Crippen LogP contribution in [0.4, 0.5) is 0 Å². The number of rotatable bonds is 6. The number of nitrogens with one attached hydrogen (secondary N) is 1. The van der Waals surface area contributed by atoms with Crippen LogP contribution in [0.2, 0.25) is 10.0 Å². The summed E-state index contributed by atoms with van der Waals surface area (Å²) in [6.07, 6.45) is 1.70. The van der Waals surface area contributed by atoms with E-state index in [0.29, 0.717) is 10.0 Å². The smallest absolute Gasteiger partial charge is 0.264 e. The first-order chi connectivity index (χ1) is 16.7. The predicted octanol–water partition coefficient (Wildman–Crippen LogP) is 6.08. The van der Waals surface area contributed by atoms with E-state index < -0.39 is 16.1 Å². The summed E-state index contributed by atoms with van der Waals surface area (Å²) in [6, 6.07) is 24.4. The van der Waals surface area contributed by atoms with Gasteiger partial charge in [0.25, 0.3) is 10.0 Å². The largest absolute Gasteiger partial charge is 0.369 e. The highest BCUT2D eigenvalue weighted by Gasteiger charge is 2.17. The number of pyridine rings is 1. The Morgan fingerprint density at radius 3 is 2.09 bits per heavy atom. The summed E-state index contributed by atoms with van der Waals surface area (Å²) in [4.78, 5) is 9.15. The topological polar surface area (TPSA) is 97.4 Å². The van der Waals surface area contributed by atoms with Gasteiger partial charge in [-0.1, -0.05) is 65.7 Å². The molecule has 9 heteroatoms. The highest BCUT2D eigenvalue weighted by molar-refractivity contribution is 7.90. The summed E-state index contributed by atoms with van der Waals surface area (Å²) in [5.74, 6) is -0.212. The van der Waals surface area contributed by atoms with Gasteiger partial charge in [0.05, 0.1) is 16.6 Å². The molecule has 1 unspecified atom stereocenters. The van der Waals surface area contributed by atoms with Crippen LogP contribution < -0.4 is 10.5 Å². The van der Waals surface area contributed by atoms with Crippen molar-refractivity contribution < 1.29 is 8.42 Å². The lowest BCUT2D eigenvalue weighted by Gasteiger charge is -2.15. The van der Waals surface area contributed by atoms with Gasteiger partial charge in [-0.05, 0) is 60.5 Å². The zero-order valence-electron chi connectivity index (χ0n) is 18.7. The van der Waals surface area contributed by atoms with Crippen LogP contribution in [0, 0.1) is 0 Å². The van der Waals surface area contributed by atoms with Crippen molar-refractivity contribution >= 4 is 39.2 Å². The average Bonchev–Trinajstić information content (AvgIpc) is 2.85. The normalized spacial score (nSPS) is 12.8. The Morgan fingerprint density at radius 1 is 0.914 bits per heavy atom. The minimum absolute atomic E-state index is 0.102. The van der Waals surface area contributed by atoms with Gasteiger partial charge < -0.3 is 5.73 Å². The lowest BCUT2D eigenvalue weighted by Crippen LogP contribution is -2.37. The van der Waals surface area contributed by atoms with Crippen LogP contribution in [0.15, 0.2) is 101 Å². The quantitative estimate of drug-likeness (QED) is 0.236. The Kier molecular flexibility index (Phi) is 7.40. The molecule has 1 heterocycles. The second-order valence-electron chi connectivity index (χ2n) is 7.79. The van der Waals surface area contributed by atoms with E-state index in [4.69, 9.17) is 33.9 Å². The molecule has 0 aliphatic carbocycles. The third kappa shape index (κ3) is 6.00. The summed E-state index contributed by atoms with van der Waals surface area (Å²) >= 11 is 12.2. The van der Waals surface area contributed by atoms with Gasteiger partial charge in [-0.2, -0.15) is 0 Å². The van der Waals surface area contributed by atoms with Crippen LogP contribution in [-0.2, 0) is 10.0 Å². The first-order valence-corrected chi connectivity index (χ1v) is 12.9. The van der Waals surface area contributed by atoms with E-state index >= 15 is 0 Å². The first-order valence-electron chi connectivity index (χ1n) is 10.7. The van der Waals surface area contributed by atoms with Crippen molar-refractivity contribution in [1.29, 1.82) is 0 Å². The number of nitrogens with two attached hydrogens (primary N) is 1. The lowest BCUT2D eigenvalue weighted by molar-refractivity contribution is 0.592. The second kappa shape index (κ2) is 10.5. The van der Waals surface area contributed by atoms with Crippen molar-refractivity contribution in [1.82, 2.24) is 9.71 Å². The van der Waals surface area contributed by atoms with Gasteiger partial charge in [-0.3, -0.25) is 4.98 Å². The van der Waals surface area contributed by atoms with Gasteiger partial charge in [0.15, 0.2) is 0 Å². The van der Waals surface area contributed by atoms with Crippen LogP contribution in [0.3, 0.4) is 0 Å². The van der Waals surface area contributed by atoms with E-state index in [0.717, 1.165) is 27.9 Å². The Morgan fingerprint density at radius 2 is 1.49 bits per heavy atom. The third-order valence-electron chi connectivity index (χ3n) is 5.29. The molecule has 0 aliphatic heterocycles. The summed E-state index contributed by atoms with van der Waals surface area (Å²) in [5.41, 5.74) is 10.2. The van der Waals surface area contributed by atoms with Gasteiger partial charge >= 0.3 is 0 Å². The predicted molar refractivity (Wildman–Crippen MR) is 142 cm³/mol. The van der Waals surface area contributed by atoms with Gasteiger partial charge in [-0.15, -0.1) is 0 Å². The van der Waals surface area contributed by atoms with Crippen molar-refractivity contribution in [2.45, 2.75) is 17.9 Å². The molecule has 0 aliphatic rings. The van der Waals surface area contributed by atoms with E-state index in [-0.39, 0.29) is 10.9 Å². The number of benzene rings is 3. The molecule has 0 saturated carbocycles. The average molecular weight is 525 g/mol. The fourth-order valence-corrected chi connectivity index (χ4v) is 4.72. The van der Waals surface area contributed by atoms with Gasteiger partial charge in [0.1, 0.15) is 0 Å². The van der Waals surface area contributed by atoms with Crippen molar-refractivity contribution in [2.75, 3.05) is 0 Å². The number of halogens is 2. The molecule has 178 valence electrons. The lowest BCUT2D eigenvalue weighted by atomic mass is 9.96. The molecular formula is C26H22Cl2N4O2S. The summed E-state index contributed by atoms with van der Waals surface area (Å²) in [6.45, 7) is 1.81. The third-order valence-corrected chi connectivity index (χ3v) is 7.16. The van der Waals surface area contributed by atoms with Gasteiger partial charge in [0.2, 0.25) is 5.96 Å². The minimum Gasteiger partial charge on any atom is -0.369 e. The number of hydrogen-bond acceptors (Lipinski definition) is 4. The maximum atomic E-state index is 12.5. The number of sulfonamides is 1. The maximum Gasteiger partial charge on any atom is 0.264 e. The fourth-order valence-electron chi connectivity index (χ4n) is 3.50. The van der Waals surface area contributed by atoms with E-state index in [1.165, 1.54) is 12.1 Å². The fraction of sp³-hybridized carbons (Fsp3) is 0.0769. The molecular weight excluding hydrogens is 503 g/mol. The maximum absolute atomic E-state index is 12.5. The Labute approximate surface area is 214 Å². The molecule has 3 N–H and O–H groups in total. The van der Waals surface area contributed by atoms with E-state index in [1.807, 2.05) is 61.5 Å². The molecule has 0 saturated heterocycles. The molecule has 6 nitrogen and oxygen atoms in total. The van der Waals surface area contributed by atoms with Crippen molar-refractivity contribution in [3.05, 3.63) is 107 Å². The van der Waals surface area contributed by atoms with E-state index in [2.05, 4.69) is 9.71 Å². The van der Waals surface area contributed by atoms with Crippen LogP contribution in [0.25, 0.3) is 22.4 Å². The van der Waals surface area contributed by atoms with Gasteiger partial charge in [0, 0.05) is 27.4 Å². The van der Waals surface area contributed by atoms with Gasteiger partial charge in [-0.25, -0.2) is 18.1 Å². The molecule has 35 heavy (non-hydrogen) atoms. The summed E-state index contributed by atoms with van der Waals surface area (Å²) in [7, 11) is -3.83. The Bertz CT molecular complexity index is 1460. The number of guanidine groups is 1. The summed E-state index contributed by atoms with van der Waals surface area (Å²) in [5, 5.41) is 1.26. The van der Waals surface area contributed by atoms with Crippen LogP contribution in [0.1, 0.15) is 18.5 Å². The van der Waals surface area contributed by atoms with Crippen molar-refractivity contribution in [3.63, 3.8) is 0 Å². The monoisotopic (exact) mass is 524 g/mol. The molecule has 3 aromatic carbocycles. The molecule has 4 rings (SSSR count). The molecule has 4 aromatic rings. The molecule has 0 fully saturated rings. The van der Waals surface area contributed by atoms with E-state index in [9.17, 15) is 8.42 Å². The molecule has 0 spiro atoms. The molecule has 0 bridgehead atoms. The highest BCUT2D eigenvalue weighted by Crippen LogP contribution is 2.34. The number of aromatic nitrogens is 1. The molecule has 1 atom stereocenters. The number of nitrogens with zero attached hydrogens (tertiary/aromatic N) is 2. The first kappa shape index (κ1) is 24.7. The Balaban J connectivity index is 1.68. The zero-order chi connectivity index (χ0) is 25.0. The van der Waals surface area contributed by atoms with Crippen LogP contribution in [-0.4, -0.2) is 19.4 Å². The van der Waals surface area contributed by atoms with E-state index in [1.54, 1.807) is 24.4 Å². The van der Waals surface area contributed by atoms with Crippen LogP contribution in [0.5, 0.6) is 0 Å². The van der Waals surface area contributed by atoms with Crippen molar-refractivity contribution in [3.8, 4) is 22.4 Å². The molecule has 0 radical (unpaired) electrons. The standard InChI is InChI=1S/C26H22Cl2N4O2S/c1-17(31-26(29)32-35(33,34)23-5-3-2-4-6-23)20-15-24(18-7-11-21(27)12-8-18)25(30-16-20)19-9-13-22(28)14-10-19/h2-17H,1H3,(H3,29,31,32). The molecule has 0 amide bonds. The molecule has 1 aromatic heterocycles. The van der Waals surface area contributed by atoms with Crippen molar-refractivity contribution in [2.24, 2.45) is 10.7 Å². The number of hydrogen-bond donors (Lipinski definition) is 2. The minimum atomic E-state index is -3.83. The van der Waals surface area contributed by atoms with Crippen LogP contribution >= 0.6 is 23.2 Å². The Hall–Kier alpha value is -3.39.